The molecule has 2 fully saturated rings. The van der Waals surface area contributed by atoms with E-state index in [2.05, 4.69) is 0 Å². The van der Waals surface area contributed by atoms with E-state index >= 15 is 0 Å². The van der Waals surface area contributed by atoms with Gasteiger partial charge in [-0.25, -0.2) is 30.4 Å². The Morgan fingerprint density at radius 1 is 0.850 bits per heavy atom. The summed E-state index contributed by atoms with van der Waals surface area (Å²) in [4.78, 5) is 0.104. The first-order valence-corrected chi connectivity index (χ1v) is 14.5. The molecule has 0 spiro atoms. The smallest absolute Gasteiger partial charge is 0.249 e. The molecule has 0 radical (unpaired) electrons. The van der Waals surface area contributed by atoms with E-state index in [9.17, 15) is 35.5 Å². The Labute approximate surface area is 229 Å². The van der Waals surface area contributed by atoms with E-state index in [-0.39, 0.29) is 31.7 Å². The van der Waals surface area contributed by atoms with Gasteiger partial charge in [0.1, 0.15) is 0 Å². The quantitative estimate of drug-likeness (QED) is 0.254. The molecule has 2 heterocycles. The lowest BCUT2D eigenvalue weighted by molar-refractivity contribution is -0.0554. The van der Waals surface area contributed by atoms with Gasteiger partial charge >= 0.3 is 0 Å². The third-order valence-electron chi connectivity index (χ3n) is 8.31. The molecule has 0 aliphatic carbocycles. The number of hydrogen-bond donors (Lipinski definition) is 1. The summed E-state index contributed by atoms with van der Waals surface area (Å²) in [7, 11) is -5.08. The molecule has 0 aromatic heterocycles. The Morgan fingerprint density at radius 3 is 2.08 bits per heavy atom. The molecule has 214 valence electrons. The molecule has 3 atom stereocenters. The zero-order valence-electron chi connectivity index (χ0n) is 22.0. The van der Waals surface area contributed by atoms with Crippen LogP contribution in [0.5, 0.6) is 0 Å². The highest BCUT2D eigenvalue weighted by Crippen LogP contribution is 2.43. The Kier molecular flexibility index (Phi) is 7.77. The van der Waals surface area contributed by atoms with Crippen LogP contribution in [0, 0.1) is 42.9 Å². The number of benzene rings is 3. The van der Waals surface area contributed by atoms with E-state index in [1.807, 2.05) is 61.2 Å². The lowest BCUT2D eigenvalue weighted by atomic mass is 9.74. The molecule has 3 aromatic carbocycles. The molecule has 5 nitrogen and oxygen atoms in total. The van der Waals surface area contributed by atoms with Crippen LogP contribution in [-0.4, -0.2) is 61.1 Å². The monoisotopic (exact) mass is 580 g/mol. The largest absolute Gasteiger partial charge is 0.395 e. The van der Waals surface area contributed by atoms with Gasteiger partial charge in [-0.3, -0.25) is 4.90 Å². The first kappa shape index (κ1) is 28.7. The van der Waals surface area contributed by atoms with Crippen molar-refractivity contribution in [2.24, 2.45) is 0 Å². The van der Waals surface area contributed by atoms with Crippen molar-refractivity contribution in [2.75, 3.05) is 26.2 Å². The minimum Gasteiger partial charge on any atom is -0.395 e. The average Bonchev–Trinajstić information content (AvgIpc) is 2.91. The molecule has 5 rings (SSSR count). The number of fused-ring (bicyclic) bond motifs is 1. The number of aliphatic hydroxyl groups is 1. The number of rotatable bonds is 5. The number of hydrogen-bond acceptors (Lipinski definition) is 4. The average molecular weight is 581 g/mol. The Hall–Kier alpha value is -2.86. The third-order valence-corrected chi connectivity index (χ3v) is 10.2. The maximum Gasteiger partial charge on any atom is 0.249 e. The van der Waals surface area contributed by atoms with Crippen LogP contribution in [0.4, 0.5) is 22.0 Å². The summed E-state index contributed by atoms with van der Waals surface area (Å²) in [5.74, 6) is -12.1. The van der Waals surface area contributed by atoms with Crippen molar-refractivity contribution in [2.45, 2.75) is 49.6 Å². The zero-order chi connectivity index (χ0) is 28.9. The predicted molar refractivity (Wildman–Crippen MR) is 140 cm³/mol. The van der Waals surface area contributed by atoms with E-state index in [1.165, 1.54) is 0 Å². The van der Waals surface area contributed by atoms with Gasteiger partial charge in [-0.2, -0.15) is 4.31 Å². The van der Waals surface area contributed by atoms with Crippen molar-refractivity contribution < 1.29 is 35.5 Å². The molecule has 11 heteroatoms. The van der Waals surface area contributed by atoms with E-state index in [4.69, 9.17) is 0 Å². The molecule has 40 heavy (non-hydrogen) atoms. The summed E-state index contributed by atoms with van der Waals surface area (Å²) in [5.41, 5.74) is 5.22. The third kappa shape index (κ3) is 4.62. The van der Waals surface area contributed by atoms with Gasteiger partial charge in [0.15, 0.2) is 28.2 Å². The first-order valence-electron chi connectivity index (χ1n) is 13.0. The van der Waals surface area contributed by atoms with Gasteiger partial charge in [0.05, 0.1) is 6.61 Å². The SMILES string of the molecule is Cc1cccc(-c2ccc(C3[C@@H](CO)N4CCCCN(S(=O)(=O)c5c(F)c(F)c(F)c(F)c5F)C[C@@H]34)cc2)c1C. The van der Waals surface area contributed by atoms with Crippen molar-refractivity contribution in [3.05, 3.63) is 88.2 Å². The van der Waals surface area contributed by atoms with Crippen molar-refractivity contribution in [1.29, 1.82) is 0 Å². The fourth-order valence-electron chi connectivity index (χ4n) is 6.02. The number of aryl methyl sites for hydroxylation is 1. The summed E-state index contributed by atoms with van der Waals surface area (Å²) >= 11 is 0. The van der Waals surface area contributed by atoms with Crippen LogP contribution in [0.2, 0.25) is 0 Å². The highest BCUT2D eigenvalue weighted by molar-refractivity contribution is 7.89. The van der Waals surface area contributed by atoms with E-state index in [0.717, 1.165) is 32.1 Å². The van der Waals surface area contributed by atoms with Crippen LogP contribution in [-0.2, 0) is 10.0 Å². The maximum absolute atomic E-state index is 14.5. The second kappa shape index (κ2) is 10.8. The van der Waals surface area contributed by atoms with Gasteiger partial charge < -0.3 is 5.11 Å². The molecule has 2 aliphatic heterocycles. The Balaban J connectivity index is 1.49. The maximum atomic E-state index is 14.5. The van der Waals surface area contributed by atoms with Gasteiger partial charge in [-0.1, -0.05) is 42.5 Å². The van der Waals surface area contributed by atoms with E-state index in [0.29, 0.717) is 19.4 Å². The van der Waals surface area contributed by atoms with Gasteiger partial charge in [0, 0.05) is 31.1 Å². The Bertz CT molecular complexity index is 1520. The number of sulfonamides is 1. The number of halogens is 5. The zero-order valence-corrected chi connectivity index (χ0v) is 22.8. The molecule has 2 saturated heterocycles. The molecule has 1 unspecified atom stereocenters. The molecular weight excluding hydrogens is 551 g/mol. The Morgan fingerprint density at radius 2 is 1.45 bits per heavy atom. The molecule has 3 aromatic rings. The van der Waals surface area contributed by atoms with Gasteiger partial charge in [0.25, 0.3) is 0 Å². The predicted octanol–water partition coefficient (Wildman–Crippen LogP) is 5.28. The van der Waals surface area contributed by atoms with Crippen LogP contribution in [0.25, 0.3) is 11.1 Å². The molecule has 2 aliphatic rings. The normalized spacial score (nSPS) is 22.4. The summed E-state index contributed by atoms with van der Waals surface area (Å²) in [6, 6.07) is 13.0. The fourth-order valence-corrected chi connectivity index (χ4v) is 7.62. The minimum absolute atomic E-state index is 0.145. The van der Waals surface area contributed by atoms with Crippen molar-refractivity contribution in [1.82, 2.24) is 9.21 Å². The van der Waals surface area contributed by atoms with Crippen LogP contribution < -0.4 is 0 Å². The van der Waals surface area contributed by atoms with Crippen LogP contribution in [0.3, 0.4) is 0 Å². The lowest BCUT2D eigenvalue weighted by Gasteiger charge is -2.57. The summed E-state index contributed by atoms with van der Waals surface area (Å²) < 4.78 is 98.0. The van der Waals surface area contributed by atoms with Gasteiger partial charge in [0.2, 0.25) is 15.8 Å². The molecule has 0 bridgehead atoms. The lowest BCUT2D eigenvalue weighted by Crippen LogP contribution is -2.67. The molecule has 0 saturated carbocycles. The topological polar surface area (TPSA) is 60.9 Å². The number of aliphatic hydroxyl groups excluding tert-OH is 1. The molecular formula is C29H29F5N2O3S. The minimum atomic E-state index is -5.08. The first-order chi connectivity index (χ1) is 19.0. The van der Waals surface area contributed by atoms with E-state index in [1.54, 1.807) is 0 Å². The van der Waals surface area contributed by atoms with Crippen molar-refractivity contribution >= 4 is 10.0 Å². The summed E-state index contributed by atoms with van der Waals surface area (Å²) in [5, 5.41) is 10.2. The highest BCUT2D eigenvalue weighted by atomic mass is 32.2. The van der Waals surface area contributed by atoms with Crippen molar-refractivity contribution in [3.63, 3.8) is 0 Å². The van der Waals surface area contributed by atoms with Crippen LogP contribution >= 0.6 is 0 Å². The van der Waals surface area contributed by atoms with Crippen molar-refractivity contribution in [3.8, 4) is 11.1 Å². The standard InChI is InChI=1S/C29H29F5N2O3S/c1-16-6-5-7-20(17(16)2)18-8-10-19(11-9-18)23-21-14-35(12-3-4-13-36(21)22(23)15-37)40(38,39)29-27(33)25(31)24(30)26(32)28(29)34/h5-11,21-23,37H,3-4,12-15H2,1-2H3/t21-,22+,23?/m0/s1. The van der Waals surface area contributed by atoms with Crippen LogP contribution in [0.1, 0.15) is 35.4 Å². The van der Waals surface area contributed by atoms with Crippen LogP contribution in [0.15, 0.2) is 47.4 Å². The van der Waals surface area contributed by atoms with E-state index < -0.39 is 50.0 Å². The highest BCUT2D eigenvalue weighted by Gasteiger charge is 2.51. The molecule has 1 N–H and O–H groups in total. The second-order valence-corrected chi connectivity index (χ2v) is 12.3. The fraction of sp³-hybridized carbons (Fsp3) is 0.379. The molecule has 0 amide bonds. The van der Waals surface area contributed by atoms with Gasteiger partial charge in [-0.05, 0) is 61.1 Å². The second-order valence-electron chi connectivity index (χ2n) is 10.4. The van der Waals surface area contributed by atoms with Gasteiger partial charge in [-0.15, -0.1) is 0 Å². The summed E-state index contributed by atoms with van der Waals surface area (Å²) in [6.07, 6.45) is 0.833. The summed E-state index contributed by atoms with van der Waals surface area (Å²) in [6.45, 7) is 4.07. The number of nitrogens with zero attached hydrogens (tertiary/aromatic N) is 2.